The zero-order valence-electron chi connectivity index (χ0n) is 9.50. The molecule has 0 aliphatic carbocycles. The maximum atomic E-state index is 12.6. The maximum absolute atomic E-state index is 12.6. The summed E-state index contributed by atoms with van der Waals surface area (Å²) in [6.45, 7) is 1.10. The van der Waals surface area contributed by atoms with Crippen LogP contribution in [-0.4, -0.2) is 29.0 Å². The van der Waals surface area contributed by atoms with Crippen LogP contribution < -0.4 is 0 Å². The Hall–Kier alpha value is -1.72. The van der Waals surface area contributed by atoms with Gasteiger partial charge in [-0.15, -0.1) is 0 Å². The normalized spacial score (nSPS) is 16.1. The van der Waals surface area contributed by atoms with Crippen LogP contribution in [0.3, 0.4) is 0 Å². The standard InChI is InChI=1S/C12H12F3NO2/c13-12(14,15)9-5-8(6-10(17)7-9)11(18)16-3-1-2-4-16/h5-7,17H,1-4H2. The Balaban J connectivity index is 2.33. The Morgan fingerprint density at radius 2 is 1.78 bits per heavy atom. The minimum absolute atomic E-state index is 0.121. The molecule has 1 aliphatic heterocycles. The molecule has 0 saturated carbocycles. The van der Waals surface area contributed by atoms with Gasteiger partial charge in [-0.3, -0.25) is 4.79 Å². The number of likely N-dealkylation sites (tertiary alicyclic amines) is 1. The number of phenols is 1. The Morgan fingerprint density at radius 3 is 2.33 bits per heavy atom. The van der Waals surface area contributed by atoms with Crippen molar-refractivity contribution in [1.82, 2.24) is 4.90 Å². The van der Waals surface area contributed by atoms with Gasteiger partial charge in [-0.05, 0) is 31.0 Å². The molecule has 1 aromatic carbocycles. The van der Waals surface area contributed by atoms with E-state index in [4.69, 9.17) is 0 Å². The van der Waals surface area contributed by atoms with E-state index < -0.39 is 23.4 Å². The molecule has 2 rings (SSSR count). The van der Waals surface area contributed by atoms with Crippen molar-refractivity contribution in [3.63, 3.8) is 0 Å². The highest BCUT2D eigenvalue weighted by atomic mass is 19.4. The zero-order chi connectivity index (χ0) is 13.3. The fourth-order valence-electron chi connectivity index (χ4n) is 2.00. The number of benzene rings is 1. The van der Waals surface area contributed by atoms with Crippen LogP contribution in [0.1, 0.15) is 28.8 Å². The number of phenolic OH excluding ortho intramolecular Hbond substituents is 1. The van der Waals surface area contributed by atoms with Crippen LogP contribution in [0.4, 0.5) is 13.2 Å². The molecule has 0 aromatic heterocycles. The van der Waals surface area contributed by atoms with E-state index in [1.165, 1.54) is 4.90 Å². The summed E-state index contributed by atoms with van der Waals surface area (Å²) in [4.78, 5) is 13.4. The number of alkyl halides is 3. The molecular weight excluding hydrogens is 247 g/mol. The van der Waals surface area contributed by atoms with Crippen molar-refractivity contribution in [2.45, 2.75) is 19.0 Å². The summed E-state index contributed by atoms with van der Waals surface area (Å²) in [6.07, 6.45) is -2.86. The number of amides is 1. The number of carbonyl (C=O) groups is 1. The Morgan fingerprint density at radius 1 is 1.17 bits per heavy atom. The number of carbonyl (C=O) groups excluding carboxylic acids is 1. The molecule has 1 aromatic rings. The van der Waals surface area contributed by atoms with Gasteiger partial charge in [0.05, 0.1) is 5.56 Å². The highest BCUT2D eigenvalue weighted by Crippen LogP contribution is 2.32. The lowest BCUT2D eigenvalue weighted by molar-refractivity contribution is -0.137. The molecule has 1 fully saturated rings. The molecule has 6 heteroatoms. The Bertz CT molecular complexity index is 465. The summed E-state index contributed by atoms with van der Waals surface area (Å²) in [7, 11) is 0. The van der Waals surface area contributed by atoms with Crippen molar-refractivity contribution in [3.05, 3.63) is 29.3 Å². The molecule has 1 amide bonds. The van der Waals surface area contributed by atoms with E-state index >= 15 is 0 Å². The summed E-state index contributed by atoms with van der Waals surface area (Å²) in [5, 5.41) is 9.28. The number of hydrogen-bond donors (Lipinski definition) is 1. The molecule has 1 aliphatic rings. The largest absolute Gasteiger partial charge is 0.508 e. The van der Waals surface area contributed by atoms with E-state index in [1.54, 1.807) is 0 Å². The Labute approximate surface area is 102 Å². The topological polar surface area (TPSA) is 40.5 Å². The van der Waals surface area contributed by atoms with Gasteiger partial charge in [-0.2, -0.15) is 13.2 Å². The van der Waals surface area contributed by atoms with Gasteiger partial charge >= 0.3 is 6.18 Å². The summed E-state index contributed by atoms with van der Waals surface area (Å²) < 4.78 is 37.7. The van der Waals surface area contributed by atoms with Gasteiger partial charge in [-0.1, -0.05) is 0 Å². The first-order valence-corrected chi connectivity index (χ1v) is 5.58. The van der Waals surface area contributed by atoms with E-state index in [0.29, 0.717) is 19.2 Å². The van der Waals surface area contributed by atoms with Crippen molar-refractivity contribution < 1.29 is 23.1 Å². The predicted octanol–water partition coefficient (Wildman–Crippen LogP) is 2.65. The van der Waals surface area contributed by atoms with Gasteiger partial charge < -0.3 is 10.0 Å². The van der Waals surface area contributed by atoms with Gasteiger partial charge in [-0.25, -0.2) is 0 Å². The third kappa shape index (κ3) is 2.57. The van der Waals surface area contributed by atoms with E-state index in [-0.39, 0.29) is 5.56 Å². The number of halogens is 3. The van der Waals surface area contributed by atoms with Gasteiger partial charge in [0.2, 0.25) is 0 Å². The van der Waals surface area contributed by atoms with Crippen molar-refractivity contribution in [3.8, 4) is 5.75 Å². The molecule has 1 heterocycles. The minimum Gasteiger partial charge on any atom is -0.508 e. The first kappa shape index (κ1) is 12.7. The average Bonchev–Trinajstić information content (AvgIpc) is 2.79. The van der Waals surface area contributed by atoms with Crippen LogP contribution in [0.5, 0.6) is 5.75 Å². The van der Waals surface area contributed by atoms with Gasteiger partial charge in [0.1, 0.15) is 5.75 Å². The van der Waals surface area contributed by atoms with Gasteiger partial charge in [0.15, 0.2) is 0 Å². The average molecular weight is 259 g/mol. The number of rotatable bonds is 1. The molecule has 0 unspecified atom stereocenters. The highest BCUT2D eigenvalue weighted by molar-refractivity contribution is 5.95. The fourth-order valence-corrected chi connectivity index (χ4v) is 2.00. The molecule has 0 spiro atoms. The van der Waals surface area contributed by atoms with Crippen LogP contribution >= 0.6 is 0 Å². The molecule has 0 bridgehead atoms. The van der Waals surface area contributed by atoms with E-state index in [0.717, 1.165) is 25.0 Å². The Kier molecular flexibility index (Phi) is 3.19. The smallest absolute Gasteiger partial charge is 0.416 e. The molecule has 0 radical (unpaired) electrons. The number of nitrogens with zero attached hydrogens (tertiary/aromatic N) is 1. The molecule has 1 N–H and O–H groups in total. The van der Waals surface area contributed by atoms with E-state index in [9.17, 15) is 23.1 Å². The highest BCUT2D eigenvalue weighted by Gasteiger charge is 2.32. The lowest BCUT2D eigenvalue weighted by atomic mass is 10.1. The zero-order valence-corrected chi connectivity index (χ0v) is 9.50. The monoisotopic (exact) mass is 259 g/mol. The quantitative estimate of drug-likeness (QED) is 0.842. The second-order valence-corrected chi connectivity index (χ2v) is 4.27. The van der Waals surface area contributed by atoms with Crippen molar-refractivity contribution >= 4 is 5.91 Å². The first-order chi connectivity index (χ1) is 8.38. The second kappa shape index (κ2) is 4.51. The number of aromatic hydroxyl groups is 1. The molecule has 18 heavy (non-hydrogen) atoms. The molecule has 3 nitrogen and oxygen atoms in total. The lowest BCUT2D eigenvalue weighted by Crippen LogP contribution is -2.27. The maximum Gasteiger partial charge on any atom is 0.416 e. The van der Waals surface area contributed by atoms with Crippen molar-refractivity contribution in [2.24, 2.45) is 0 Å². The van der Waals surface area contributed by atoms with Crippen LogP contribution in [0.15, 0.2) is 18.2 Å². The fraction of sp³-hybridized carbons (Fsp3) is 0.417. The van der Waals surface area contributed by atoms with Crippen molar-refractivity contribution in [1.29, 1.82) is 0 Å². The van der Waals surface area contributed by atoms with Gasteiger partial charge in [0.25, 0.3) is 5.91 Å². The van der Waals surface area contributed by atoms with Crippen LogP contribution in [0, 0.1) is 0 Å². The minimum atomic E-state index is -4.57. The summed E-state index contributed by atoms with van der Waals surface area (Å²) in [5.41, 5.74) is -1.13. The number of hydrogen-bond acceptors (Lipinski definition) is 2. The van der Waals surface area contributed by atoms with Gasteiger partial charge in [0, 0.05) is 18.7 Å². The van der Waals surface area contributed by atoms with Crippen LogP contribution in [0.2, 0.25) is 0 Å². The summed E-state index contributed by atoms with van der Waals surface area (Å²) in [6, 6.07) is 2.46. The van der Waals surface area contributed by atoms with E-state index in [1.807, 2.05) is 0 Å². The first-order valence-electron chi connectivity index (χ1n) is 5.58. The second-order valence-electron chi connectivity index (χ2n) is 4.27. The van der Waals surface area contributed by atoms with Crippen LogP contribution in [-0.2, 0) is 6.18 Å². The summed E-state index contributed by atoms with van der Waals surface area (Å²) in [5.74, 6) is -1.01. The molecular formula is C12H12F3NO2. The molecule has 0 atom stereocenters. The molecule has 98 valence electrons. The van der Waals surface area contributed by atoms with E-state index in [2.05, 4.69) is 0 Å². The third-order valence-electron chi connectivity index (χ3n) is 2.89. The lowest BCUT2D eigenvalue weighted by Gasteiger charge is -2.16. The predicted molar refractivity (Wildman–Crippen MR) is 58.2 cm³/mol. The summed E-state index contributed by atoms with van der Waals surface area (Å²) >= 11 is 0. The van der Waals surface area contributed by atoms with Crippen molar-refractivity contribution in [2.75, 3.05) is 13.1 Å². The molecule has 1 saturated heterocycles. The van der Waals surface area contributed by atoms with Crippen LogP contribution in [0.25, 0.3) is 0 Å². The third-order valence-corrected chi connectivity index (χ3v) is 2.89. The SMILES string of the molecule is O=C(c1cc(O)cc(C(F)(F)F)c1)N1CCCC1.